The average Bonchev–Trinajstić information content (AvgIpc) is 3.10. The van der Waals surface area contributed by atoms with Gasteiger partial charge in [0.05, 0.1) is 0 Å². The van der Waals surface area contributed by atoms with E-state index in [9.17, 15) is 0 Å². The Morgan fingerprint density at radius 1 is 0.271 bits per heavy atom. The van der Waals surface area contributed by atoms with Crippen molar-refractivity contribution in [2.75, 3.05) is 0 Å². The molecule has 0 radical (unpaired) electrons. The van der Waals surface area contributed by atoms with Crippen molar-refractivity contribution in [2.24, 2.45) is 5.41 Å². The Hall–Kier alpha value is 0. The molecule has 0 aliphatic heterocycles. The second-order valence-corrected chi connectivity index (χ2v) is 15.2. The lowest BCUT2D eigenvalue weighted by molar-refractivity contribution is 0.146. The Morgan fingerprint density at radius 2 is 0.458 bits per heavy atom. The predicted octanol–water partition coefficient (Wildman–Crippen LogP) is 19.6. The van der Waals surface area contributed by atoms with Crippen molar-refractivity contribution < 1.29 is 0 Å². The molecule has 0 heterocycles. The van der Waals surface area contributed by atoms with E-state index < -0.39 is 0 Å². The fraction of sp³-hybridized carbons (Fsp3) is 1.00. The van der Waals surface area contributed by atoms with E-state index >= 15 is 0 Å². The highest BCUT2D eigenvalue weighted by Gasteiger charge is 2.30. The molecule has 0 bridgehead atoms. The van der Waals surface area contributed by atoms with Gasteiger partial charge in [-0.3, -0.25) is 0 Å². The van der Waals surface area contributed by atoms with Crippen molar-refractivity contribution in [1.29, 1.82) is 0 Å². The average molecular weight is 681 g/mol. The van der Waals surface area contributed by atoms with E-state index in [4.69, 9.17) is 0 Å². The molecule has 0 aromatic heterocycles. The zero-order valence-corrected chi connectivity index (χ0v) is 34.1. The zero-order chi connectivity index (χ0) is 34.1. The predicted molar refractivity (Wildman–Crippen MR) is 230 cm³/mol. The van der Waals surface area contributed by atoms with Crippen LogP contribution in [0.2, 0.25) is 0 Å². The Balaban J connectivity index is -0.00000155. The maximum absolute atomic E-state index is 2.32. The third-order valence-electron chi connectivity index (χ3n) is 11.0. The molecule has 0 spiro atoms. The summed E-state index contributed by atoms with van der Waals surface area (Å²) in [5, 5.41) is 0. The van der Waals surface area contributed by atoms with E-state index in [0.717, 1.165) is 5.41 Å². The summed E-state index contributed by atoms with van der Waals surface area (Å²) in [6.45, 7) is 12.6. The van der Waals surface area contributed by atoms with E-state index in [-0.39, 0.29) is 14.9 Å². The summed E-state index contributed by atoms with van der Waals surface area (Å²) in [4.78, 5) is 0. The van der Waals surface area contributed by atoms with Crippen molar-refractivity contribution in [1.82, 2.24) is 0 Å². The standard InChI is InChI=1S/C42H84.2C2H6.2CH4/c1-3-5-7-9-11-13-15-17-19-21-23-25-27-29-31-34-38-42(40-36-33-37-41-42)39-35-32-30-28-26-24-22-20-18-16-14-12-10-8-6-4-2;2*1-2;;/h3-41H2,1-2H3;2*1-2H3;2*1H4. The molecule has 0 N–H and O–H groups in total. The van der Waals surface area contributed by atoms with Crippen LogP contribution in [0, 0.1) is 5.41 Å². The second-order valence-electron chi connectivity index (χ2n) is 15.2. The fourth-order valence-corrected chi connectivity index (χ4v) is 8.02. The SMILES string of the molecule is C.C.CC.CC.CCCCCCCCCCCCCCCCCCC1(CCCCCCCCCCCCCCCCCC)CCCCC1. The summed E-state index contributed by atoms with van der Waals surface area (Å²) in [5.74, 6) is 0. The summed E-state index contributed by atoms with van der Waals surface area (Å²) in [6.07, 6.45) is 58.4. The monoisotopic (exact) mass is 681 g/mol. The molecule has 0 heteroatoms. The molecule has 296 valence electrons. The van der Waals surface area contributed by atoms with Gasteiger partial charge in [0.25, 0.3) is 0 Å². The Labute approximate surface area is 311 Å². The highest BCUT2D eigenvalue weighted by atomic mass is 14.4. The Morgan fingerprint density at radius 3 is 0.667 bits per heavy atom. The lowest BCUT2D eigenvalue weighted by atomic mass is 9.68. The van der Waals surface area contributed by atoms with Crippen molar-refractivity contribution >= 4 is 0 Å². The van der Waals surface area contributed by atoms with Gasteiger partial charge < -0.3 is 0 Å². The van der Waals surface area contributed by atoms with Crippen LogP contribution in [-0.2, 0) is 0 Å². The Kier molecular flexibility index (Phi) is 56.0. The minimum absolute atomic E-state index is 0. The third kappa shape index (κ3) is 40.4. The number of hydrogen-bond acceptors (Lipinski definition) is 0. The molecule has 0 aromatic carbocycles. The molecule has 1 fully saturated rings. The summed E-state index contributed by atoms with van der Waals surface area (Å²) in [6, 6.07) is 0. The van der Waals surface area contributed by atoms with Crippen LogP contribution in [0.15, 0.2) is 0 Å². The number of unbranched alkanes of at least 4 members (excludes halogenated alkanes) is 30. The van der Waals surface area contributed by atoms with Gasteiger partial charge in [0, 0.05) is 0 Å². The highest BCUT2D eigenvalue weighted by molar-refractivity contribution is 4.83. The van der Waals surface area contributed by atoms with Gasteiger partial charge in [0.2, 0.25) is 0 Å². The lowest BCUT2D eigenvalue weighted by Crippen LogP contribution is -2.24. The van der Waals surface area contributed by atoms with Crippen LogP contribution in [0.25, 0.3) is 0 Å². The quantitative estimate of drug-likeness (QED) is 0.0593. The highest BCUT2D eigenvalue weighted by Crippen LogP contribution is 2.44. The van der Waals surface area contributed by atoms with Gasteiger partial charge in [-0.1, -0.05) is 281 Å². The van der Waals surface area contributed by atoms with Gasteiger partial charge in [-0.15, -0.1) is 0 Å². The van der Waals surface area contributed by atoms with Gasteiger partial charge >= 0.3 is 0 Å². The molecule has 1 aliphatic rings. The van der Waals surface area contributed by atoms with Crippen molar-refractivity contribution in [3.63, 3.8) is 0 Å². The molecule has 0 unspecified atom stereocenters. The van der Waals surface area contributed by atoms with Crippen LogP contribution < -0.4 is 0 Å². The first-order chi connectivity index (χ1) is 22.8. The lowest BCUT2D eigenvalue weighted by Gasteiger charge is -2.38. The van der Waals surface area contributed by atoms with Crippen LogP contribution in [0.4, 0.5) is 0 Å². The maximum Gasteiger partial charge on any atom is -0.0297 e. The maximum atomic E-state index is 2.32. The van der Waals surface area contributed by atoms with Gasteiger partial charge in [-0.25, -0.2) is 0 Å². The van der Waals surface area contributed by atoms with Crippen LogP contribution in [0.3, 0.4) is 0 Å². The molecule has 0 aromatic rings. The van der Waals surface area contributed by atoms with Gasteiger partial charge in [0.1, 0.15) is 0 Å². The molecular formula is C48H104. The van der Waals surface area contributed by atoms with E-state index in [1.54, 1.807) is 25.7 Å². The molecule has 1 aliphatic carbocycles. The van der Waals surface area contributed by atoms with E-state index in [2.05, 4.69) is 13.8 Å². The smallest absolute Gasteiger partial charge is 0.0297 e. The summed E-state index contributed by atoms with van der Waals surface area (Å²) >= 11 is 0. The molecule has 1 saturated carbocycles. The van der Waals surface area contributed by atoms with E-state index in [1.165, 1.54) is 225 Å². The van der Waals surface area contributed by atoms with Gasteiger partial charge in [0.15, 0.2) is 0 Å². The topological polar surface area (TPSA) is 0 Å². The van der Waals surface area contributed by atoms with Gasteiger partial charge in [-0.2, -0.15) is 0 Å². The first kappa shape index (κ1) is 54.8. The minimum atomic E-state index is 0. The van der Waals surface area contributed by atoms with Crippen molar-refractivity contribution in [2.45, 2.75) is 307 Å². The minimum Gasteiger partial charge on any atom is -0.0776 e. The first-order valence-corrected chi connectivity index (χ1v) is 22.8. The molecule has 0 saturated heterocycles. The largest absolute Gasteiger partial charge is 0.0776 e. The van der Waals surface area contributed by atoms with Crippen LogP contribution >= 0.6 is 0 Å². The van der Waals surface area contributed by atoms with Crippen molar-refractivity contribution in [3.05, 3.63) is 0 Å². The van der Waals surface area contributed by atoms with Crippen LogP contribution in [-0.4, -0.2) is 0 Å². The normalized spacial score (nSPS) is 13.4. The summed E-state index contributed by atoms with van der Waals surface area (Å²) in [7, 11) is 0. The number of rotatable bonds is 34. The molecular weight excluding hydrogens is 577 g/mol. The number of hydrogen-bond donors (Lipinski definition) is 0. The van der Waals surface area contributed by atoms with Gasteiger partial charge in [-0.05, 0) is 31.1 Å². The third-order valence-corrected chi connectivity index (χ3v) is 11.0. The summed E-state index contributed by atoms with van der Waals surface area (Å²) < 4.78 is 0. The molecule has 1 rings (SSSR count). The molecule has 48 heavy (non-hydrogen) atoms. The second kappa shape index (κ2) is 49.1. The fourth-order valence-electron chi connectivity index (χ4n) is 8.02. The van der Waals surface area contributed by atoms with E-state index in [0.29, 0.717) is 0 Å². The van der Waals surface area contributed by atoms with E-state index in [1.807, 2.05) is 27.7 Å². The van der Waals surface area contributed by atoms with Crippen molar-refractivity contribution in [3.8, 4) is 0 Å². The molecule has 0 nitrogen and oxygen atoms in total. The van der Waals surface area contributed by atoms with Crippen LogP contribution in [0.1, 0.15) is 307 Å². The molecule has 0 atom stereocenters. The first-order valence-electron chi connectivity index (χ1n) is 22.8. The zero-order valence-electron chi connectivity index (χ0n) is 34.1. The Bertz CT molecular complexity index is 448. The van der Waals surface area contributed by atoms with Crippen LogP contribution in [0.5, 0.6) is 0 Å². The molecule has 0 amide bonds. The summed E-state index contributed by atoms with van der Waals surface area (Å²) in [5.41, 5.74) is 0.754.